The Morgan fingerprint density at radius 1 is 1.19 bits per heavy atom. The molecule has 6 heteroatoms. The molecule has 0 aliphatic carbocycles. The third kappa shape index (κ3) is 3.85. The highest BCUT2D eigenvalue weighted by Crippen LogP contribution is 2.33. The maximum atomic E-state index is 12.8. The summed E-state index contributed by atoms with van der Waals surface area (Å²) < 4.78 is 12.4. The van der Waals surface area contributed by atoms with Crippen molar-refractivity contribution in [3.63, 3.8) is 0 Å². The Hall–Kier alpha value is -2.73. The SMILES string of the molecule is C=CCn1c(SCc2cc(OC)c(OC)cc2C)nc2ccccc2c1=O. The summed E-state index contributed by atoms with van der Waals surface area (Å²) in [7, 11) is 3.25. The molecule has 1 heterocycles. The minimum atomic E-state index is -0.0490. The zero-order chi connectivity index (χ0) is 19.4. The van der Waals surface area contributed by atoms with Gasteiger partial charge in [-0.1, -0.05) is 30.0 Å². The summed E-state index contributed by atoms with van der Waals surface area (Å²) in [5.74, 6) is 2.05. The number of methoxy groups -OCH3 is 2. The van der Waals surface area contributed by atoms with E-state index in [2.05, 4.69) is 6.58 Å². The number of benzene rings is 2. The van der Waals surface area contributed by atoms with E-state index < -0.39 is 0 Å². The second-order valence-electron chi connectivity index (χ2n) is 6.04. The van der Waals surface area contributed by atoms with Gasteiger partial charge in [-0.2, -0.15) is 0 Å². The zero-order valence-corrected chi connectivity index (χ0v) is 16.5. The molecule has 0 amide bonds. The molecule has 27 heavy (non-hydrogen) atoms. The van der Waals surface area contributed by atoms with Gasteiger partial charge in [0.05, 0.1) is 25.1 Å². The van der Waals surface area contributed by atoms with Gasteiger partial charge in [0.1, 0.15) is 0 Å². The number of fused-ring (bicyclic) bond motifs is 1. The van der Waals surface area contributed by atoms with Crippen LogP contribution >= 0.6 is 11.8 Å². The second-order valence-corrected chi connectivity index (χ2v) is 6.98. The fourth-order valence-electron chi connectivity index (χ4n) is 2.87. The van der Waals surface area contributed by atoms with Crippen LogP contribution in [0.3, 0.4) is 0 Å². The first kappa shape index (κ1) is 19.0. The van der Waals surface area contributed by atoms with Crippen LogP contribution < -0.4 is 15.0 Å². The fraction of sp³-hybridized carbons (Fsp3) is 0.238. The Kier molecular flexibility index (Phi) is 5.86. The van der Waals surface area contributed by atoms with E-state index in [1.807, 2.05) is 37.3 Å². The van der Waals surface area contributed by atoms with Crippen LogP contribution in [0.25, 0.3) is 10.9 Å². The van der Waals surface area contributed by atoms with E-state index in [1.165, 1.54) is 11.8 Å². The first-order valence-electron chi connectivity index (χ1n) is 8.53. The van der Waals surface area contributed by atoms with Crippen molar-refractivity contribution in [3.05, 3.63) is 70.5 Å². The van der Waals surface area contributed by atoms with E-state index in [9.17, 15) is 4.79 Å². The number of ether oxygens (including phenoxy) is 2. The van der Waals surface area contributed by atoms with Gasteiger partial charge in [0.2, 0.25) is 0 Å². The molecule has 0 aliphatic rings. The summed E-state index contributed by atoms with van der Waals surface area (Å²) in [6, 6.07) is 11.3. The van der Waals surface area contributed by atoms with Crippen LogP contribution in [0.1, 0.15) is 11.1 Å². The topological polar surface area (TPSA) is 53.4 Å². The maximum Gasteiger partial charge on any atom is 0.262 e. The molecule has 0 unspecified atom stereocenters. The summed E-state index contributed by atoms with van der Waals surface area (Å²) in [6.07, 6.45) is 1.71. The van der Waals surface area contributed by atoms with Crippen LogP contribution in [-0.4, -0.2) is 23.8 Å². The van der Waals surface area contributed by atoms with Crippen LogP contribution in [0.2, 0.25) is 0 Å². The third-order valence-electron chi connectivity index (χ3n) is 4.34. The molecule has 0 saturated carbocycles. The zero-order valence-electron chi connectivity index (χ0n) is 15.7. The van der Waals surface area contributed by atoms with Gasteiger partial charge in [0.15, 0.2) is 16.7 Å². The lowest BCUT2D eigenvalue weighted by Gasteiger charge is -2.14. The highest BCUT2D eigenvalue weighted by molar-refractivity contribution is 7.98. The maximum absolute atomic E-state index is 12.8. The molecule has 140 valence electrons. The largest absolute Gasteiger partial charge is 0.493 e. The fourth-order valence-corrected chi connectivity index (χ4v) is 3.94. The molecule has 3 aromatic rings. The number of aryl methyl sites for hydroxylation is 1. The van der Waals surface area contributed by atoms with Gasteiger partial charge in [0.25, 0.3) is 5.56 Å². The summed E-state index contributed by atoms with van der Waals surface area (Å²) in [6.45, 7) is 6.22. The average molecular weight is 382 g/mol. The Balaban J connectivity index is 1.98. The van der Waals surface area contributed by atoms with Crippen molar-refractivity contribution in [2.75, 3.05) is 14.2 Å². The molecular weight excluding hydrogens is 360 g/mol. The average Bonchev–Trinajstić information content (AvgIpc) is 2.69. The smallest absolute Gasteiger partial charge is 0.262 e. The monoisotopic (exact) mass is 382 g/mol. The number of para-hydroxylation sites is 1. The Labute approximate surface area is 162 Å². The quantitative estimate of drug-likeness (QED) is 0.348. The summed E-state index contributed by atoms with van der Waals surface area (Å²) in [5.41, 5.74) is 2.85. The molecule has 0 aliphatic heterocycles. The molecule has 0 N–H and O–H groups in total. The molecular formula is C21H22N2O3S. The van der Waals surface area contributed by atoms with E-state index in [4.69, 9.17) is 14.5 Å². The number of hydrogen-bond acceptors (Lipinski definition) is 5. The van der Waals surface area contributed by atoms with Crippen LogP contribution in [0.15, 0.2) is 59.0 Å². The lowest BCUT2D eigenvalue weighted by atomic mass is 10.1. The number of thioether (sulfide) groups is 1. The Morgan fingerprint density at radius 3 is 2.59 bits per heavy atom. The number of rotatable bonds is 7. The molecule has 0 atom stereocenters. The Morgan fingerprint density at radius 2 is 1.89 bits per heavy atom. The van der Waals surface area contributed by atoms with Gasteiger partial charge < -0.3 is 9.47 Å². The summed E-state index contributed by atoms with van der Waals surface area (Å²) in [4.78, 5) is 17.5. The molecule has 3 rings (SSSR count). The molecule has 5 nitrogen and oxygen atoms in total. The predicted octanol–water partition coefficient (Wildman–Crippen LogP) is 4.20. The van der Waals surface area contributed by atoms with Gasteiger partial charge in [-0.05, 0) is 42.3 Å². The molecule has 0 spiro atoms. The van der Waals surface area contributed by atoms with Crippen molar-refractivity contribution in [3.8, 4) is 11.5 Å². The molecule has 1 aromatic heterocycles. The van der Waals surface area contributed by atoms with E-state index in [-0.39, 0.29) is 5.56 Å². The standard InChI is InChI=1S/C21H22N2O3S/c1-5-10-23-20(24)16-8-6-7-9-17(16)22-21(23)27-13-15-12-19(26-4)18(25-3)11-14(15)2/h5-9,11-12H,1,10,13H2,2-4H3. The van der Waals surface area contributed by atoms with Crippen molar-refractivity contribution in [2.45, 2.75) is 24.4 Å². The molecule has 2 aromatic carbocycles. The van der Waals surface area contributed by atoms with Crippen LogP contribution in [0, 0.1) is 6.92 Å². The van der Waals surface area contributed by atoms with E-state index in [0.29, 0.717) is 39.9 Å². The highest BCUT2D eigenvalue weighted by Gasteiger charge is 2.13. The lowest BCUT2D eigenvalue weighted by Crippen LogP contribution is -2.22. The van der Waals surface area contributed by atoms with E-state index in [0.717, 1.165) is 11.1 Å². The van der Waals surface area contributed by atoms with Crippen LogP contribution in [0.4, 0.5) is 0 Å². The molecule has 0 bridgehead atoms. The Bertz CT molecular complexity index is 1040. The van der Waals surface area contributed by atoms with E-state index in [1.54, 1.807) is 30.9 Å². The van der Waals surface area contributed by atoms with Gasteiger partial charge in [0, 0.05) is 12.3 Å². The van der Waals surface area contributed by atoms with Crippen molar-refractivity contribution < 1.29 is 9.47 Å². The normalized spacial score (nSPS) is 10.8. The van der Waals surface area contributed by atoms with E-state index >= 15 is 0 Å². The van der Waals surface area contributed by atoms with Gasteiger partial charge in [-0.15, -0.1) is 6.58 Å². The first-order valence-corrected chi connectivity index (χ1v) is 9.52. The number of allylic oxidation sites excluding steroid dienone is 1. The van der Waals surface area contributed by atoms with Crippen molar-refractivity contribution in [2.24, 2.45) is 0 Å². The van der Waals surface area contributed by atoms with Crippen molar-refractivity contribution in [1.29, 1.82) is 0 Å². The lowest BCUT2D eigenvalue weighted by molar-refractivity contribution is 0.354. The predicted molar refractivity (Wildman–Crippen MR) is 110 cm³/mol. The van der Waals surface area contributed by atoms with Gasteiger partial charge in [-0.3, -0.25) is 9.36 Å². The van der Waals surface area contributed by atoms with Crippen LogP contribution in [-0.2, 0) is 12.3 Å². The van der Waals surface area contributed by atoms with Gasteiger partial charge >= 0.3 is 0 Å². The highest BCUT2D eigenvalue weighted by atomic mass is 32.2. The minimum absolute atomic E-state index is 0.0490. The first-order chi connectivity index (χ1) is 13.1. The second kappa shape index (κ2) is 8.31. The number of aromatic nitrogens is 2. The summed E-state index contributed by atoms with van der Waals surface area (Å²) in [5, 5.41) is 1.29. The van der Waals surface area contributed by atoms with Crippen molar-refractivity contribution in [1.82, 2.24) is 9.55 Å². The third-order valence-corrected chi connectivity index (χ3v) is 5.36. The number of nitrogens with zero attached hydrogens (tertiary/aromatic N) is 2. The number of hydrogen-bond donors (Lipinski definition) is 0. The molecule has 0 fully saturated rings. The van der Waals surface area contributed by atoms with Crippen LogP contribution in [0.5, 0.6) is 11.5 Å². The minimum Gasteiger partial charge on any atom is -0.493 e. The molecule has 0 saturated heterocycles. The van der Waals surface area contributed by atoms with Gasteiger partial charge in [-0.25, -0.2) is 4.98 Å². The molecule has 0 radical (unpaired) electrons. The van der Waals surface area contributed by atoms with Crippen molar-refractivity contribution >= 4 is 22.7 Å². The summed E-state index contributed by atoms with van der Waals surface area (Å²) >= 11 is 1.52.